The smallest absolute Gasteiger partial charge is 0.286 e. The maximum atomic E-state index is 10.4. The van der Waals surface area contributed by atoms with Crippen LogP contribution in [-0.4, -0.2) is 30.3 Å². The van der Waals surface area contributed by atoms with Crippen LogP contribution in [0.25, 0.3) is 0 Å². The molecule has 0 saturated heterocycles. The number of hydrogen-bond donors (Lipinski definition) is 1. The van der Waals surface area contributed by atoms with E-state index in [4.69, 9.17) is 5.26 Å². The van der Waals surface area contributed by atoms with Gasteiger partial charge in [0.25, 0.3) is 11.5 Å². The first kappa shape index (κ1) is 9.11. The van der Waals surface area contributed by atoms with E-state index in [0.29, 0.717) is 6.54 Å². The van der Waals surface area contributed by atoms with Crippen LogP contribution in [0.5, 0.6) is 0 Å². The third-order valence-electron chi connectivity index (χ3n) is 0.920. The highest BCUT2D eigenvalue weighted by molar-refractivity contribution is 7.96. The monoisotopic (exact) mass is 160 g/mol. The Hall–Kier alpha value is -0.890. The zero-order valence-electron chi connectivity index (χ0n) is 5.57. The summed E-state index contributed by atoms with van der Waals surface area (Å²) in [6.45, 7) is 0.606. The van der Waals surface area contributed by atoms with Crippen molar-refractivity contribution < 1.29 is 9.53 Å². The Kier molecular flexibility index (Phi) is 4.50. The lowest BCUT2D eigenvalue weighted by atomic mass is 10.6. The molecule has 0 fully saturated rings. The molecule has 0 aromatic rings. The van der Waals surface area contributed by atoms with Crippen molar-refractivity contribution in [1.29, 1.82) is 5.26 Å². The van der Waals surface area contributed by atoms with Gasteiger partial charge in [-0.05, 0) is 0 Å². The first-order valence-corrected chi connectivity index (χ1v) is 3.08. The lowest BCUT2D eigenvalue weighted by molar-refractivity contribution is 0.206. The van der Waals surface area contributed by atoms with Gasteiger partial charge in [0, 0.05) is 7.05 Å². The fourth-order valence-electron chi connectivity index (χ4n) is 0.324. The molecule has 1 amide bonds. The zero-order chi connectivity index (χ0) is 7.98. The summed E-state index contributed by atoms with van der Waals surface area (Å²) in [5.74, 6) is 0. The van der Waals surface area contributed by atoms with E-state index in [2.05, 4.69) is 17.4 Å². The summed E-state index contributed by atoms with van der Waals surface area (Å²) in [6.07, 6.45) is 1.50. The number of carbonyl (C=O) groups excluding carboxylic acids is 1. The van der Waals surface area contributed by atoms with E-state index in [0.717, 1.165) is 0 Å². The van der Waals surface area contributed by atoms with Gasteiger partial charge in [0.1, 0.15) is 6.61 Å². The SMILES string of the molecule is CN(CCOC#N)C(=O)S. The number of nitrogens with zero attached hydrogens (tertiary/aromatic N) is 2. The van der Waals surface area contributed by atoms with Gasteiger partial charge in [-0.2, -0.15) is 5.26 Å². The average molecular weight is 160 g/mol. The molecule has 10 heavy (non-hydrogen) atoms. The molecule has 0 atom stereocenters. The van der Waals surface area contributed by atoms with Crippen molar-refractivity contribution in [2.75, 3.05) is 20.2 Å². The van der Waals surface area contributed by atoms with Crippen molar-refractivity contribution in [1.82, 2.24) is 4.90 Å². The molecule has 0 unspecified atom stereocenters. The maximum absolute atomic E-state index is 10.4. The summed E-state index contributed by atoms with van der Waals surface area (Å²) in [5.41, 5.74) is 0. The lowest BCUT2D eigenvalue weighted by Crippen LogP contribution is -2.24. The van der Waals surface area contributed by atoms with Gasteiger partial charge in [-0.15, -0.1) is 0 Å². The molecule has 5 heteroatoms. The van der Waals surface area contributed by atoms with Gasteiger partial charge in [-0.25, -0.2) is 0 Å². The standard InChI is InChI=1S/C5H8N2O2S/c1-7(5(8)10)2-3-9-4-6/h2-3H2,1H3,(H,8,10). The van der Waals surface area contributed by atoms with E-state index >= 15 is 0 Å². The Labute approximate surface area is 64.8 Å². The molecular formula is C5H8N2O2S. The number of hydrogen-bond acceptors (Lipinski definition) is 3. The second-order valence-corrected chi connectivity index (χ2v) is 2.03. The molecule has 56 valence electrons. The van der Waals surface area contributed by atoms with Crippen LogP contribution in [0.4, 0.5) is 4.79 Å². The molecule has 0 aliphatic heterocycles. The van der Waals surface area contributed by atoms with Crippen LogP contribution < -0.4 is 0 Å². The molecule has 4 nitrogen and oxygen atoms in total. The Morgan fingerprint density at radius 3 is 2.90 bits per heavy atom. The van der Waals surface area contributed by atoms with Crippen LogP contribution in [0.15, 0.2) is 0 Å². The van der Waals surface area contributed by atoms with E-state index < -0.39 is 0 Å². The molecule has 0 aliphatic rings. The highest BCUT2D eigenvalue weighted by Gasteiger charge is 2.00. The highest BCUT2D eigenvalue weighted by atomic mass is 32.1. The first-order chi connectivity index (χ1) is 4.68. The van der Waals surface area contributed by atoms with Gasteiger partial charge in [0.05, 0.1) is 6.54 Å². The predicted octanol–water partition coefficient (Wildman–Crippen LogP) is 0.466. The first-order valence-electron chi connectivity index (χ1n) is 2.63. The fourth-order valence-corrected chi connectivity index (χ4v) is 0.424. The second kappa shape index (κ2) is 4.94. The summed E-state index contributed by atoms with van der Waals surface area (Å²) in [4.78, 5) is 11.7. The summed E-state index contributed by atoms with van der Waals surface area (Å²) >= 11 is 3.54. The number of amides is 1. The van der Waals surface area contributed by atoms with Crippen LogP contribution in [0.2, 0.25) is 0 Å². The average Bonchev–Trinajstić information content (AvgIpc) is 1.88. The molecule has 0 aliphatic carbocycles. The molecule has 0 aromatic carbocycles. The van der Waals surface area contributed by atoms with Crippen molar-refractivity contribution >= 4 is 17.9 Å². The predicted molar refractivity (Wildman–Crippen MR) is 38.6 cm³/mol. The van der Waals surface area contributed by atoms with Crippen LogP contribution in [0.3, 0.4) is 0 Å². The van der Waals surface area contributed by atoms with Crippen LogP contribution in [0, 0.1) is 11.5 Å². The van der Waals surface area contributed by atoms with E-state index in [1.807, 2.05) is 0 Å². The molecule has 0 bridgehead atoms. The summed E-state index contributed by atoms with van der Waals surface area (Å²) in [5, 5.41) is 7.59. The Balaban J connectivity index is 3.32. The number of carbonyl (C=O) groups is 1. The molecule has 0 aromatic heterocycles. The Morgan fingerprint density at radius 1 is 1.90 bits per heavy atom. The second-order valence-electron chi connectivity index (χ2n) is 1.64. The number of rotatable bonds is 3. The van der Waals surface area contributed by atoms with E-state index in [1.54, 1.807) is 7.05 Å². The molecular weight excluding hydrogens is 152 g/mol. The number of nitriles is 1. The minimum Gasteiger partial charge on any atom is -0.426 e. The van der Waals surface area contributed by atoms with E-state index in [-0.39, 0.29) is 11.8 Å². The summed E-state index contributed by atoms with van der Waals surface area (Å²) < 4.78 is 4.33. The molecule has 0 rings (SSSR count). The van der Waals surface area contributed by atoms with Gasteiger partial charge in [-0.3, -0.25) is 4.79 Å². The van der Waals surface area contributed by atoms with Gasteiger partial charge in [0.15, 0.2) is 0 Å². The van der Waals surface area contributed by atoms with Gasteiger partial charge < -0.3 is 9.64 Å². The molecule has 0 heterocycles. The minimum atomic E-state index is -0.332. The third-order valence-corrected chi connectivity index (χ3v) is 1.26. The Morgan fingerprint density at radius 2 is 2.50 bits per heavy atom. The highest BCUT2D eigenvalue weighted by Crippen LogP contribution is 1.89. The number of likely N-dealkylation sites (N-methyl/N-ethyl adjacent to an activating group) is 1. The van der Waals surface area contributed by atoms with Crippen LogP contribution in [-0.2, 0) is 4.74 Å². The minimum absolute atomic E-state index is 0.222. The van der Waals surface area contributed by atoms with Crippen molar-refractivity contribution in [3.8, 4) is 6.26 Å². The molecule has 0 saturated carbocycles. The topological polar surface area (TPSA) is 53.3 Å². The van der Waals surface area contributed by atoms with Gasteiger partial charge in [0.2, 0.25) is 0 Å². The van der Waals surface area contributed by atoms with E-state index in [9.17, 15) is 4.79 Å². The van der Waals surface area contributed by atoms with Crippen molar-refractivity contribution in [2.45, 2.75) is 0 Å². The van der Waals surface area contributed by atoms with Crippen molar-refractivity contribution in [3.05, 3.63) is 0 Å². The third kappa shape index (κ3) is 4.04. The Bertz CT molecular complexity index is 154. The van der Waals surface area contributed by atoms with Gasteiger partial charge >= 0.3 is 0 Å². The quantitative estimate of drug-likeness (QED) is 0.371. The van der Waals surface area contributed by atoms with Gasteiger partial charge in [-0.1, -0.05) is 12.6 Å². The maximum Gasteiger partial charge on any atom is 0.286 e. The molecule has 0 spiro atoms. The van der Waals surface area contributed by atoms with Crippen molar-refractivity contribution in [2.24, 2.45) is 0 Å². The summed E-state index contributed by atoms with van der Waals surface area (Å²) in [7, 11) is 1.58. The zero-order valence-corrected chi connectivity index (χ0v) is 6.47. The molecule has 0 radical (unpaired) electrons. The summed E-state index contributed by atoms with van der Waals surface area (Å²) in [6, 6.07) is 0. The largest absolute Gasteiger partial charge is 0.426 e. The number of thiol groups is 1. The van der Waals surface area contributed by atoms with E-state index in [1.165, 1.54) is 11.2 Å². The lowest BCUT2D eigenvalue weighted by Gasteiger charge is -2.11. The fraction of sp³-hybridized carbons (Fsp3) is 0.600. The number of ether oxygens (including phenoxy) is 1. The van der Waals surface area contributed by atoms with Crippen molar-refractivity contribution in [3.63, 3.8) is 0 Å². The normalized spacial score (nSPS) is 8.10. The molecule has 0 N–H and O–H groups in total. The van der Waals surface area contributed by atoms with Crippen LogP contribution in [0.1, 0.15) is 0 Å². The van der Waals surface area contributed by atoms with Crippen LogP contribution >= 0.6 is 12.6 Å².